The van der Waals surface area contributed by atoms with Crippen molar-refractivity contribution in [1.29, 1.82) is 0 Å². The van der Waals surface area contributed by atoms with E-state index < -0.39 is 0 Å². The van der Waals surface area contributed by atoms with Gasteiger partial charge in [0.05, 0.1) is 18.9 Å². The summed E-state index contributed by atoms with van der Waals surface area (Å²) in [6.45, 7) is 9.49. The Morgan fingerprint density at radius 3 is 2.62 bits per heavy atom. The van der Waals surface area contributed by atoms with E-state index in [1.54, 1.807) is 10.9 Å². The molecule has 2 saturated heterocycles. The maximum absolute atomic E-state index is 13.0. The van der Waals surface area contributed by atoms with E-state index in [1.807, 2.05) is 42.3 Å². The van der Waals surface area contributed by atoms with Crippen molar-refractivity contribution >= 4 is 11.7 Å². The summed E-state index contributed by atoms with van der Waals surface area (Å²) in [5.41, 5.74) is 3.02. The molecule has 2 aliphatic rings. The van der Waals surface area contributed by atoms with Crippen LogP contribution in [0.2, 0.25) is 0 Å². The van der Waals surface area contributed by atoms with Crippen molar-refractivity contribution in [3.8, 4) is 5.69 Å². The van der Waals surface area contributed by atoms with Crippen LogP contribution in [0.15, 0.2) is 36.7 Å². The predicted molar refractivity (Wildman–Crippen MR) is 114 cm³/mol. The van der Waals surface area contributed by atoms with Gasteiger partial charge in [-0.1, -0.05) is 13.0 Å². The molecule has 29 heavy (non-hydrogen) atoms. The topological polar surface area (TPSA) is 62.6 Å². The van der Waals surface area contributed by atoms with E-state index in [4.69, 9.17) is 4.74 Å². The number of anilines is 1. The summed E-state index contributed by atoms with van der Waals surface area (Å²) in [7, 11) is 0. The number of likely N-dealkylation sites (tertiary alicyclic amines) is 1. The third kappa shape index (κ3) is 4.16. The Hall–Kier alpha value is -2.38. The Bertz CT molecular complexity index is 822. The molecule has 3 heterocycles. The van der Waals surface area contributed by atoms with E-state index in [1.165, 1.54) is 0 Å². The lowest BCUT2D eigenvalue weighted by Crippen LogP contribution is -2.59. The lowest BCUT2D eigenvalue weighted by atomic mass is 9.83. The minimum Gasteiger partial charge on any atom is -0.379 e. The highest BCUT2D eigenvalue weighted by Crippen LogP contribution is 2.33. The summed E-state index contributed by atoms with van der Waals surface area (Å²) in [6, 6.07) is 7.88. The SMILES string of the molecule is CCC1(N2CCOCC2)CCN(C(=O)Nc2cc(-n3cccn3)ccc2C)CC1. The summed E-state index contributed by atoms with van der Waals surface area (Å²) < 4.78 is 7.33. The number of morpholine rings is 1. The first-order chi connectivity index (χ1) is 14.1. The van der Waals surface area contributed by atoms with Crippen molar-refractivity contribution in [2.75, 3.05) is 44.7 Å². The maximum Gasteiger partial charge on any atom is 0.321 e. The van der Waals surface area contributed by atoms with Gasteiger partial charge in [-0.25, -0.2) is 9.48 Å². The van der Waals surface area contributed by atoms with E-state index in [9.17, 15) is 4.79 Å². The molecule has 156 valence electrons. The Kier molecular flexibility index (Phi) is 5.87. The van der Waals surface area contributed by atoms with Crippen LogP contribution in [-0.4, -0.2) is 70.5 Å². The van der Waals surface area contributed by atoms with Crippen LogP contribution in [0, 0.1) is 6.92 Å². The zero-order valence-corrected chi connectivity index (χ0v) is 17.4. The first-order valence-electron chi connectivity index (χ1n) is 10.6. The van der Waals surface area contributed by atoms with Crippen molar-refractivity contribution in [3.05, 3.63) is 42.2 Å². The number of hydrogen-bond acceptors (Lipinski definition) is 4. The highest BCUT2D eigenvalue weighted by atomic mass is 16.5. The number of nitrogens with zero attached hydrogens (tertiary/aromatic N) is 4. The number of carbonyl (C=O) groups is 1. The summed E-state index contributed by atoms with van der Waals surface area (Å²) >= 11 is 0. The number of carbonyl (C=O) groups excluding carboxylic acids is 1. The molecule has 0 radical (unpaired) electrons. The van der Waals surface area contributed by atoms with Crippen LogP contribution in [0.25, 0.3) is 5.69 Å². The van der Waals surface area contributed by atoms with Gasteiger partial charge >= 0.3 is 6.03 Å². The molecule has 0 spiro atoms. The number of aromatic nitrogens is 2. The van der Waals surface area contributed by atoms with Crippen LogP contribution in [0.3, 0.4) is 0 Å². The van der Waals surface area contributed by atoms with Gasteiger partial charge in [0.15, 0.2) is 0 Å². The summed E-state index contributed by atoms with van der Waals surface area (Å²) in [5.74, 6) is 0. The Balaban J connectivity index is 1.41. The molecule has 0 unspecified atom stereocenters. The smallest absolute Gasteiger partial charge is 0.321 e. The lowest BCUT2D eigenvalue weighted by Gasteiger charge is -2.49. The zero-order chi connectivity index (χ0) is 20.3. The second kappa shape index (κ2) is 8.55. The molecule has 2 amide bonds. The number of aryl methyl sites for hydroxylation is 1. The highest BCUT2D eigenvalue weighted by molar-refractivity contribution is 5.90. The molecule has 4 rings (SSSR count). The van der Waals surface area contributed by atoms with E-state index in [-0.39, 0.29) is 11.6 Å². The standard InChI is InChI=1S/C22H31N5O2/c1-3-22(26-13-15-29-16-14-26)7-11-25(12-8-22)21(28)24-20-17-19(6-5-18(20)2)27-10-4-9-23-27/h4-6,9-10,17H,3,7-8,11-16H2,1-2H3,(H,24,28). The number of hydrogen-bond donors (Lipinski definition) is 1. The van der Waals surface area contributed by atoms with E-state index >= 15 is 0 Å². The van der Waals surface area contributed by atoms with Crippen molar-refractivity contribution in [1.82, 2.24) is 19.6 Å². The van der Waals surface area contributed by atoms with Gasteiger partial charge in [-0.2, -0.15) is 5.10 Å². The fraction of sp³-hybridized carbons (Fsp3) is 0.545. The van der Waals surface area contributed by atoms with Gasteiger partial charge < -0.3 is 15.0 Å². The van der Waals surface area contributed by atoms with Gasteiger partial charge in [0.25, 0.3) is 0 Å². The maximum atomic E-state index is 13.0. The monoisotopic (exact) mass is 397 g/mol. The fourth-order valence-electron chi connectivity index (χ4n) is 4.56. The number of rotatable bonds is 4. The molecule has 1 aromatic carbocycles. The summed E-state index contributed by atoms with van der Waals surface area (Å²) in [5, 5.41) is 7.40. The Morgan fingerprint density at radius 1 is 1.21 bits per heavy atom. The minimum atomic E-state index is -0.0163. The highest BCUT2D eigenvalue weighted by Gasteiger charge is 2.39. The van der Waals surface area contributed by atoms with Gasteiger partial charge in [-0.3, -0.25) is 4.90 Å². The van der Waals surface area contributed by atoms with E-state index in [2.05, 4.69) is 22.2 Å². The molecule has 2 aromatic rings. The van der Waals surface area contributed by atoms with Crippen molar-refractivity contribution in [2.24, 2.45) is 0 Å². The molecule has 7 heteroatoms. The van der Waals surface area contributed by atoms with Gasteiger partial charge in [-0.05, 0) is 49.9 Å². The number of nitrogens with one attached hydrogen (secondary N) is 1. The Labute approximate surface area is 172 Å². The first kappa shape index (κ1) is 19.9. The van der Waals surface area contributed by atoms with Gasteiger partial charge in [-0.15, -0.1) is 0 Å². The molecular formula is C22H31N5O2. The van der Waals surface area contributed by atoms with Gasteiger partial charge in [0, 0.05) is 49.8 Å². The Morgan fingerprint density at radius 2 is 1.97 bits per heavy atom. The lowest BCUT2D eigenvalue weighted by molar-refractivity contribution is -0.0449. The average molecular weight is 398 g/mol. The number of benzene rings is 1. The molecule has 2 fully saturated rings. The largest absolute Gasteiger partial charge is 0.379 e. The third-order valence-corrected chi connectivity index (χ3v) is 6.55. The van der Waals surface area contributed by atoms with E-state index in [0.29, 0.717) is 0 Å². The zero-order valence-electron chi connectivity index (χ0n) is 17.4. The van der Waals surface area contributed by atoms with Gasteiger partial charge in [0.2, 0.25) is 0 Å². The molecule has 2 aliphatic heterocycles. The number of piperidine rings is 1. The second-order valence-corrected chi connectivity index (χ2v) is 8.04. The molecular weight excluding hydrogens is 366 g/mol. The first-order valence-corrected chi connectivity index (χ1v) is 10.6. The van der Waals surface area contributed by atoms with Crippen molar-refractivity contribution < 1.29 is 9.53 Å². The quantitative estimate of drug-likeness (QED) is 0.860. The molecule has 1 N–H and O–H groups in total. The summed E-state index contributed by atoms with van der Waals surface area (Å²) in [4.78, 5) is 17.5. The average Bonchev–Trinajstić information content (AvgIpc) is 3.31. The van der Waals surface area contributed by atoms with Crippen molar-refractivity contribution in [2.45, 2.75) is 38.6 Å². The normalized spacial score (nSPS) is 19.9. The molecule has 0 saturated carbocycles. The van der Waals surface area contributed by atoms with Crippen molar-refractivity contribution in [3.63, 3.8) is 0 Å². The third-order valence-electron chi connectivity index (χ3n) is 6.55. The number of amides is 2. The van der Waals surface area contributed by atoms with Crippen LogP contribution in [0.5, 0.6) is 0 Å². The predicted octanol–water partition coefficient (Wildman–Crippen LogP) is 3.29. The number of ether oxygens (including phenoxy) is 1. The minimum absolute atomic E-state index is 0.0163. The van der Waals surface area contributed by atoms with Crippen LogP contribution in [-0.2, 0) is 4.74 Å². The van der Waals surface area contributed by atoms with Crippen LogP contribution >= 0.6 is 0 Å². The van der Waals surface area contributed by atoms with Crippen LogP contribution in [0.1, 0.15) is 31.7 Å². The molecule has 7 nitrogen and oxygen atoms in total. The van der Waals surface area contributed by atoms with Crippen LogP contribution < -0.4 is 5.32 Å². The molecule has 1 aromatic heterocycles. The summed E-state index contributed by atoms with van der Waals surface area (Å²) in [6.07, 6.45) is 6.80. The molecule has 0 aliphatic carbocycles. The van der Waals surface area contributed by atoms with Crippen LogP contribution in [0.4, 0.5) is 10.5 Å². The van der Waals surface area contributed by atoms with Gasteiger partial charge in [0.1, 0.15) is 0 Å². The number of urea groups is 1. The molecule has 0 atom stereocenters. The fourth-order valence-corrected chi connectivity index (χ4v) is 4.56. The van der Waals surface area contributed by atoms with E-state index in [0.717, 1.165) is 75.6 Å². The second-order valence-electron chi connectivity index (χ2n) is 8.04. The molecule has 0 bridgehead atoms.